The molecule has 2 fully saturated rings. The predicted molar refractivity (Wildman–Crippen MR) is 94.1 cm³/mol. The van der Waals surface area contributed by atoms with Crippen LogP contribution in [0, 0.1) is 11.3 Å². The Balaban J connectivity index is 1.80. The molecule has 3 rings (SSSR count). The number of hydrogen-bond donors (Lipinski definition) is 2. The molecule has 0 bridgehead atoms. The van der Waals surface area contributed by atoms with Gasteiger partial charge in [0, 0.05) is 0 Å². The quantitative estimate of drug-likeness (QED) is 0.769. The van der Waals surface area contributed by atoms with Crippen LogP contribution in [0.25, 0.3) is 0 Å². The molecular formula is C18H25F2N3O3. The van der Waals surface area contributed by atoms with E-state index in [9.17, 15) is 18.7 Å². The molecule has 0 radical (unpaired) electrons. The fourth-order valence-electron chi connectivity index (χ4n) is 2.82. The summed E-state index contributed by atoms with van der Waals surface area (Å²) in [5.41, 5.74) is -0.00874. The second-order valence-corrected chi connectivity index (χ2v) is 8.27. The Morgan fingerprint density at radius 1 is 1.42 bits per heavy atom. The fraction of sp³-hybridized carbons (Fsp3) is 0.667. The number of aromatic nitrogens is 1. The van der Waals surface area contributed by atoms with E-state index in [1.165, 1.54) is 4.90 Å². The fourth-order valence-corrected chi connectivity index (χ4v) is 2.82. The highest BCUT2D eigenvalue weighted by Gasteiger charge is 2.45. The van der Waals surface area contributed by atoms with Crippen LogP contribution in [0.15, 0.2) is 12.1 Å². The second-order valence-electron chi connectivity index (χ2n) is 8.27. The van der Waals surface area contributed by atoms with Gasteiger partial charge in [0.1, 0.15) is 17.5 Å². The molecule has 1 saturated heterocycles. The van der Waals surface area contributed by atoms with Crippen molar-refractivity contribution >= 4 is 17.5 Å². The number of halogens is 2. The maximum atomic E-state index is 13.2. The number of alkyl halides is 2. The lowest BCUT2D eigenvalue weighted by atomic mass is 9.87. The van der Waals surface area contributed by atoms with E-state index in [-0.39, 0.29) is 19.0 Å². The van der Waals surface area contributed by atoms with Crippen molar-refractivity contribution in [2.45, 2.75) is 45.6 Å². The summed E-state index contributed by atoms with van der Waals surface area (Å²) < 4.78 is 32.2. The van der Waals surface area contributed by atoms with E-state index in [0.717, 1.165) is 12.8 Å². The van der Waals surface area contributed by atoms with E-state index in [1.54, 1.807) is 12.1 Å². The van der Waals surface area contributed by atoms with Gasteiger partial charge in [-0.3, -0.25) is 0 Å². The molecule has 0 amide bonds. The highest BCUT2D eigenvalue weighted by atomic mass is 19.3. The molecule has 1 saturated carbocycles. The van der Waals surface area contributed by atoms with Crippen LogP contribution in [0.3, 0.4) is 0 Å². The van der Waals surface area contributed by atoms with E-state index in [1.807, 2.05) is 20.8 Å². The second kappa shape index (κ2) is 6.55. The summed E-state index contributed by atoms with van der Waals surface area (Å²) in [6.07, 6.45) is 2.19. The zero-order chi connectivity index (χ0) is 19.1. The van der Waals surface area contributed by atoms with Crippen LogP contribution in [-0.4, -0.2) is 47.7 Å². The summed E-state index contributed by atoms with van der Waals surface area (Å²) in [6.45, 7) is 5.23. The first kappa shape index (κ1) is 18.7. The Morgan fingerprint density at radius 3 is 2.58 bits per heavy atom. The van der Waals surface area contributed by atoms with Gasteiger partial charge in [-0.1, -0.05) is 20.8 Å². The number of pyridine rings is 1. The average molecular weight is 369 g/mol. The maximum absolute atomic E-state index is 13.2. The Kier molecular flexibility index (Phi) is 4.71. The van der Waals surface area contributed by atoms with Crippen molar-refractivity contribution in [3.8, 4) is 5.88 Å². The van der Waals surface area contributed by atoms with Crippen molar-refractivity contribution in [3.63, 3.8) is 0 Å². The highest BCUT2D eigenvalue weighted by molar-refractivity contribution is 5.78. The topological polar surface area (TPSA) is 74.7 Å². The van der Waals surface area contributed by atoms with Gasteiger partial charge in [-0.2, -0.15) is 4.98 Å². The van der Waals surface area contributed by atoms with E-state index in [4.69, 9.17) is 4.74 Å². The Bertz CT molecular complexity index is 679. The zero-order valence-corrected chi connectivity index (χ0v) is 15.3. The van der Waals surface area contributed by atoms with Crippen molar-refractivity contribution in [2.24, 2.45) is 11.3 Å². The van der Waals surface area contributed by atoms with Crippen LogP contribution in [0.4, 0.5) is 20.3 Å². The minimum atomic E-state index is -2.69. The van der Waals surface area contributed by atoms with E-state index in [2.05, 4.69) is 10.3 Å². The van der Waals surface area contributed by atoms with Crippen molar-refractivity contribution in [1.29, 1.82) is 0 Å². The van der Waals surface area contributed by atoms with E-state index in [0.29, 0.717) is 24.0 Å². The van der Waals surface area contributed by atoms with Crippen molar-refractivity contribution < 1.29 is 23.4 Å². The SMILES string of the molecule is CC(C)(C)[C@H](Nc1ccc(N2CC(F)(F)C2)c(OCC2CC2)n1)C(=O)O. The predicted octanol–water partition coefficient (Wildman–Crippen LogP) is 3.24. The van der Waals surface area contributed by atoms with Gasteiger partial charge >= 0.3 is 5.97 Å². The Morgan fingerprint density at radius 2 is 2.08 bits per heavy atom. The third-order valence-corrected chi connectivity index (χ3v) is 4.58. The summed E-state index contributed by atoms with van der Waals surface area (Å²) in [5.74, 6) is -2.55. The van der Waals surface area contributed by atoms with E-state index < -0.39 is 23.3 Å². The van der Waals surface area contributed by atoms with Crippen LogP contribution in [-0.2, 0) is 4.79 Å². The van der Waals surface area contributed by atoms with Crippen LogP contribution < -0.4 is 15.0 Å². The van der Waals surface area contributed by atoms with Crippen LogP contribution in [0.2, 0.25) is 0 Å². The molecular weight excluding hydrogens is 344 g/mol. The van der Waals surface area contributed by atoms with Crippen molar-refractivity contribution in [2.75, 3.05) is 29.9 Å². The molecule has 1 aromatic heterocycles. The zero-order valence-electron chi connectivity index (χ0n) is 15.3. The lowest BCUT2D eigenvalue weighted by Crippen LogP contribution is -2.56. The summed E-state index contributed by atoms with van der Waals surface area (Å²) in [6, 6.07) is 2.43. The molecule has 2 aliphatic rings. The van der Waals surface area contributed by atoms with Crippen molar-refractivity contribution in [3.05, 3.63) is 12.1 Å². The lowest BCUT2D eigenvalue weighted by molar-refractivity contribution is -0.140. The van der Waals surface area contributed by atoms with Crippen LogP contribution >= 0.6 is 0 Å². The summed E-state index contributed by atoms with van der Waals surface area (Å²) in [7, 11) is 0. The molecule has 0 unspecified atom stereocenters. The van der Waals surface area contributed by atoms with Gasteiger partial charge in [-0.15, -0.1) is 0 Å². The average Bonchev–Trinajstić information content (AvgIpc) is 3.31. The number of nitrogens with zero attached hydrogens (tertiary/aromatic N) is 2. The number of carboxylic acids is 1. The lowest BCUT2D eigenvalue weighted by Gasteiger charge is -2.40. The van der Waals surface area contributed by atoms with Gasteiger partial charge in [0.2, 0.25) is 5.88 Å². The summed E-state index contributed by atoms with van der Waals surface area (Å²) >= 11 is 0. The Labute approximate surface area is 151 Å². The summed E-state index contributed by atoms with van der Waals surface area (Å²) in [4.78, 5) is 17.4. The molecule has 2 N–H and O–H groups in total. The van der Waals surface area contributed by atoms with Gasteiger partial charge in [-0.05, 0) is 36.3 Å². The van der Waals surface area contributed by atoms with Crippen molar-refractivity contribution in [1.82, 2.24) is 4.98 Å². The van der Waals surface area contributed by atoms with Gasteiger partial charge in [0.15, 0.2) is 0 Å². The maximum Gasteiger partial charge on any atom is 0.326 e. The van der Waals surface area contributed by atoms with Gasteiger partial charge in [0.05, 0.1) is 19.7 Å². The normalized spacial score (nSPS) is 20.3. The number of aliphatic carboxylic acids is 1. The first-order valence-corrected chi connectivity index (χ1v) is 8.81. The number of hydrogen-bond acceptors (Lipinski definition) is 5. The van der Waals surface area contributed by atoms with Gasteiger partial charge < -0.3 is 20.1 Å². The largest absolute Gasteiger partial charge is 0.480 e. The third kappa shape index (κ3) is 4.34. The van der Waals surface area contributed by atoms with Crippen LogP contribution in [0.1, 0.15) is 33.6 Å². The summed E-state index contributed by atoms with van der Waals surface area (Å²) in [5, 5.41) is 12.4. The smallest absolute Gasteiger partial charge is 0.326 e. The number of carbonyl (C=O) groups is 1. The minimum Gasteiger partial charge on any atom is -0.480 e. The number of anilines is 2. The molecule has 1 aliphatic carbocycles. The molecule has 1 aliphatic heterocycles. The monoisotopic (exact) mass is 369 g/mol. The third-order valence-electron chi connectivity index (χ3n) is 4.58. The van der Waals surface area contributed by atoms with Crippen LogP contribution in [0.5, 0.6) is 5.88 Å². The molecule has 1 atom stereocenters. The number of nitrogens with one attached hydrogen (secondary N) is 1. The number of ether oxygens (including phenoxy) is 1. The van der Waals surface area contributed by atoms with Gasteiger partial charge in [0.25, 0.3) is 5.92 Å². The first-order valence-electron chi connectivity index (χ1n) is 8.81. The molecule has 2 heterocycles. The van der Waals surface area contributed by atoms with Gasteiger partial charge in [-0.25, -0.2) is 13.6 Å². The molecule has 6 nitrogen and oxygen atoms in total. The number of carboxylic acid groups (broad SMARTS) is 1. The highest BCUT2D eigenvalue weighted by Crippen LogP contribution is 2.38. The first-order chi connectivity index (χ1) is 12.0. The molecule has 26 heavy (non-hydrogen) atoms. The molecule has 0 aromatic carbocycles. The van der Waals surface area contributed by atoms with E-state index >= 15 is 0 Å². The standard InChI is InChI=1S/C18H25F2N3O3/c1-17(2,3)14(16(24)25)21-13-7-6-12(23-9-18(19,20)10-23)15(22-13)26-8-11-4-5-11/h6-7,11,14H,4-5,8-10H2,1-3H3,(H,21,22)(H,24,25)/t14-/m1/s1. The molecule has 8 heteroatoms. The molecule has 0 spiro atoms. The Hall–Kier alpha value is -2.12. The molecule has 1 aromatic rings. The molecule has 144 valence electrons. The minimum absolute atomic E-state index is 0.274. The number of rotatable bonds is 7.